The van der Waals surface area contributed by atoms with Gasteiger partial charge in [0.15, 0.2) is 5.69 Å². The number of nitrogens with zero attached hydrogens (tertiary/aromatic N) is 2. The summed E-state index contributed by atoms with van der Waals surface area (Å²) in [7, 11) is 1.72. The molecule has 1 N–H and O–H groups in total. The Labute approximate surface area is 156 Å². The van der Waals surface area contributed by atoms with Crippen molar-refractivity contribution in [2.75, 3.05) is 13.2 Å². The van der Waals surface area contributed by atoms with Crippen molar-refractivity contribution in [2.24, 2.45) is 7.05 Å². The van der Waals surface area contributed by atoms with Crippen molar-refractivity contribution in [3.8, 4) is 17.0 Å². The van der Waals surface area contributed by atoms with E-state index in [1.807, 2.05) is 30.3 Å². The molecule has 1 amide bonds. The number of aryl methyl sites for hydroxylation is 2. The molecule has 27 heavy (non-hydrogen) atoms. The third kappa shape index (κ3) is 4.71. The number of benzene rings is 2. The molecule has 3 rings (SSSR count). The van der Waals surface area contributed by atoms with E-state index in [4.69, 9.17) is 9.57 Å². The van der Waals surface area contributed by atoms with E-state index >= 15 is 0 Å². The highest BCUT2D eigenvalue weighted by atomic mass is 19.1. The van der Waals surface area contributed by atoms with Gasteiger partial charge in [-0.2, -0.15) is 5.10 Å². The molecule has 0 aliphatic heterocycles. The second-order valence-electron chi connectivity index (χ2n) is 5.94. The summed E-state index contributed by atoms with van der Waals surface area (Å²) < 4.78 is 20.5. The Bertz CT molecular complexity index is 925. The highest BCUT2D eigenvalue weighted by Crippen LogP contribution is 2.22. The maximum atomic E-state index is 13.4. The summed E-state index contributed by atoms with van der Waals surface area (Å²) in [5.41, 5.74) is 4.56. The number of ether oxygens (including phenoxy) is 1. The van der Waals surface area contributed by atoms with Crippen LogP contribution in [0.25, 0.3) is 11.3 Å². The number of para-hydroxylation sites is 1. The lowest BCUT2D eigenvalue weighted by atomic mass is 10.1. The van der Waals surface area contributed by atoms with Gasteiger partial charge in [0.25, 0.3) is 5.91 Å². The first kappa shape index (κ1) is 18.6. The van der Waals surface area contributed by atoms with Crippen LogP contribution in [-0.4, -0.2) is 28.9 Å². The Morgan fingerprint density at radius 1 is 1.15 bits per heavy atom. The first-order chi connectivity index (χ1) is 13.0. The van der Waals surface area contributed by atoms with Crippen LogP contribution in [0.15, 0.2) is 54.6 Å². The Kier molecular flexibility index (Phi) is 5.83. The Morgan fingerprint density at radius 2 is 1.93 bits per heavy atom. The van der Waals surface area contributed by atoms with Gasteiger partial charge in [-0.15, -0.1) is 0 Å². The molecule has 2 aromatic carbocycles. The minimum absolute atomic E-state index is 0.192. The molecule has 7 heteroatoms. The lowest BCUT2D eigenvalue weighted by Gasteiger charge is -2.06. The van der Waals surface area contributed by atoms with Crippen molar-refractivity contribution >= 4 is 5.91 Å². The normalized spacial score (nSPS) is 10.6. The number of rotatable bonds is 7. The van der Waals surface area contributed by atoms with Crippen LogP contribution in [0, 0.1) is 12.7 Å². The zero-order valence-corrected chi connectivity index (χ0v) is 15.1. The predicted molar refractivity (Wildman–Crippen MR) is 98.7 cm³/mol. The average Bonchev–Trinajstić information content (AvgIpc) is 3.06. The van der Waals surface area contributed by atoms with Crippen molar-refractivity contribution in [1.82, 2.24) is 15.3 Å². The molecule has 0 spiro atoms. The van der Waals surface area contributed by atoms with Gasteiger partial charge in [-0.05, 0) is 48.9 Å². The Morgan fingerprint density at radius 3 is 2.67 bits per heavy atom. The summed E-state index contributed by atoms with van der Waals surface area (Å²) in [5, 5.41) is 4.19. The zero-order valence-electron chi connectivity index (χ0n) is 15.1. The van der Waals surface area contributed by atoms with Gasteiger partial charge in [-0.25, -0.2) is 9.87 Å². The molecule has 0 aliphatic rings. The SMILES string of the molecule is Cc1cc(-c2cc(C(=O)NOCCOc3ccccc3)nn2C)ccc1F. The summed E-state index contributed by atoms with van der Waals surface area (Å²) in [6, 6.07) is 15.7. The van der Waals surface area contributed by atoms with Gasteiger partial charge in [0.2, 0.25) is 0 Å². The molecule has 3 aromatic rings. The Hall–Kier alpha value is -3.19. The lowest BCUT2D eigenvalue weighted by molar-refractivity contribution is 0.0196. The average molecular weight is 369 g/mol. The van der Waals surface area contributed by atoms with Gasteiger partial charge in [0, 0.05) is 12.6 Å². The van der Waals surface area contributed by atoms with Gasteiger partial charge in [0.05, 0.1) is 5.69 Å². The summed E-state index contributed by atoms with van der Waals surface area (Å²) >= 11 is 0. The molecule has 1 aromatic heterocycles. The van der Waals surface area contributed by atoms with E-state index in [0.717, 1.165) is 11.3 Å². The number of hydroxylamine groups is 1. The van der Waals surface area contributed by atoms with E-state index in [2.05, 4.69) is 10.6 Å². The fourth-order valence-corrected chi connectivity index (χ4v) is 2.54. The molecule has 0 unspecified atom stereocenters. The minimum Gasteiger partial charge on any atom is -0.491 e. The molecule has 0 fully saturated rings. The molecule has 0 saturated heterocycles. The van der Waals surface area contributed by atoms with Crippen LogP contribution in [0.1, 0.15) is 16.1 Å². The number of amides is 1. The van der Waals surface area contributed by atoms with E-state index in [1.54, 1.807) is 36.9 Å². The molecule has 6 nitrogen and oxygen atoms in total. The largest absolute Gasteiger partial charge is 0.491 e. The van der Waals surface area contributed by atoms with Crippen LogP contribution in [0.3, 0.4) is 0 Å². The Balaban J connectivity index is 1.54. The number of nitrogens with one attached hydrogen (secondary N) is 1. The van der Waals surface area contributed by atoms with Crippen LogP contribution in [0.5, 0.6) is 5.75 Å². The van der Waals surface area contributed by atoms with Crippen LogP contribution < -0.4 is 10.2 Å². The maximum Gasteiger partial charge on any atom is 0.295 e. The summed E-state index contributed by atoms with van der Waals surface area (Å²) in [6.07, 6.45) is 0. The monoisotopic (exact) mass is 369 g/mol. The molecule has 0 atom stereocenters. The zero-order chi connectivity index (χ0) is 19.2. The minimum atomic E-state index is -0.463. The van der Waals surface area contributed by atoms with Gasteiger partial charge in [0.1, 0.15) is 24.8 Å². The van der Waals surface area contributed by atoms with E-state index in [1.165, 1.54) is 6.07 Å². The molecular formula is C20H20FN3O3. The van der Waals surface area contributed by atoms with Crippen LogP contribution in [0.2, 0.25) is 0 Å². The molecular weight excluding hydrogens is 349 g/mol. The molecule has 0 bridgehead atoms. The fourth-order valence-electron chi connectivity index (χ4n) is 2.54. The number of hydrogen-bond acceptors (Lipinski definition) is 4. The van der Waals surface area contributed by atoms with Gasteiger partial charge < -0.3 is 4.74 Å². The van der Waals surface area contributed by atoms with Crippen LogP contribution >= 0.6 is 0 Å². The maximum absolute atomic E-state index is 13.4. The highest BCUT2D eigenvalue weighted by molar-refractivity contribution is 5.92. The van der Waals surface area contributed by atoms with Gasteiger partial charge >= 0.3 is 0 Å². The van der Waals surface area contributed by atoms with E-state index < -0.39 is 5.91 Å². The highest BCUT2D eigenvalue weighted by Gasteiger charge is 2.14. The molecule has 0 radical (unpaired) electrons. The van der Waals surface area contributed by atoms with Crippen molar-refractivity contribution < 1.29 is 18.8 Å². The number of carbonyl (C=O) groups is 1. The van der Waals surface area contributed by atoms with E-state index in [9.17, 15) is 9.18 Å². The van der Waals surface area contributed by atoms with Crippen molar-refractivity contribution in [3.63, 3.8) is 0 Å². The smallest absolute Gasteiger partial charge is 0.295 e. The lowest BCUT2D eigenvalue weighted by Crippen LogP contribution is -2.26. The van der Waals surface area contributed by atoms with Crippen LogP contribution in [0.4, 0.5) is 4.39 Å². The predicted octanol–water partition coefficient (Wildman–Crippen LogP) is 3.28. The van der Waals surface area contributed by atoms with E-state index in [0.29, 0.717) is 17.9 Å². The van der Waals surface area contributed by atoms with Gasteiger partial charge in [-0.1, -0.05) is 18.2 Å². The third-order valence-corrected chi connectivity index (χ3v) is 3.93. The number of halogens is 1. The first-order valence-corrected chi connectivity index (χ1v) is 8.45. The molecule has 0 aliphatic carbocycles. The topological polar surface area (TPSA) is 65.4 Å². The van der Waals surface area contributed by atoms with Gasteiger partial charge in [-0.3, -0.25) is 14.3 Å². The number of aromatic nitrogens is 2. The van der Waals surface area contributed by atoms with Crippen molar-refractivity contribution in [3.05, 3.63) is 71.7 Å². The number of hydrogen-bond donors (Lipinski definition) is 1. The molecule has 1 heterocycles. The summed E-state index contributed by atoms with van der Waals surface area (Å²) in [6.45, 7) is 2.18. The quantitative estimate of drug-likeness (QED) is 0.513. The second-order valence-corrected chi connectivity index (χ2v) is 5.94. The number of carbonyl (C=O) groups excluding carboxylic acids is 1. The molecule has 0 saturated carbocycles. The van der Waals surface area contributed by atoms with Crippen molar-refractivity contribution in [2.45, 2.75) is 6.92 Å². The standard InChI is InChI=1S/C20H20FN3O3/c1-14-12-15(8-9-17(14)21)19-13-18(22-24(19)2)20(25)23-27-11-10-26-16-6-4-3-5-7-16/h3-9,12-13H,10-11H2,1-2H3,(H,23,25). The third-order valence-electron chi connectivity index (χ3n) is 3.93. The van der Waals surface area contributed by atoms with Crippen molar-refractivity contribution in [1.29, 1.82) is 0 Å². The fraction of sp³-hybridized carbons (Fsp3) is 0.200. The second kappa shape index (κ2) is 8.46. The van der Waals surface area contributed by atoms with Crippen LogP contribution in [-0.2, 0) is 11.9 Å². The summed E-state index contributed by atoms with van der Waals surface area (Å²) in [5.74, 6) is -0.00298. The summed E-state index contributed by atoms with van der Waals surface area (Å²) in [4.78, 5) is 17.3. The first-order valence-electron chi connectivity index (χ1n) is 8.45. The van der Waals surface area contributed by atoms with E-state index in [-0.39, 0.29) is 18.1 Å². The molecule has 140 valence electrons.